The number of carbonyl (C=O) groups excluding carboxylic acids is 2. The predicted octanol–water partition coefficient (Wildman–Crippen LogP) is 11.4. The summed E-state index contributed by atoms with van der Waals surface area (Å²) in [4.78, 5) is 31.8. The van der Waals surface area contributed by atoms with Crippen molar-refractivity contribution in [2.75, 3.05) is 138 Å². The fraction of sp³-hybridized carbons (Fsp3) is 0.913. The molecule has 0 aromatic carbocycles. The summed E-state index contributed by atoms with van der Waals surface area (Å²) in [6, 6.07) is -0.361. The van der Waals surface area contributed by atoms with Crippen LogP contribution in [0, 0.1) is 0 Å². The predicted molar refractivity (Wildman–Crippen MR) is 363 cm³/mol. The third-order valence-corrected chi connectivity index (χ3v) is 16.0. The van der Waals surface area contributed by atoms with Gasteiger partial charge in [-0.05, 0) is 213 Å². The van der Waals surface area contributed by atoms with Crippen molar-refractivity contribution in [1.29, 1.82) is 0 Å². The van der Waals surface area contributed by atoms with Gasteiger partial charge in [-0.2, -0.15) is 0 Å². The Labute approximate surface area is 520 Å². The molecule has 0 aromatic heterocycles. The van der Waals surface area contributed by atoms with E-state index in [0.29, 0.717) is 59.2 Å². The molecule has 498 valence electrons. The second kappa shape index (κ2) is 70.1. The third kappa shape index (κ3) is 60.3. The molecule has 0 saturated heterocycles. The highest BCUT2D eigenvalue weighted by Gasteiger charge is 2.19. The molecule has 0 radical (unpaired) electrons. The number of nitrogens with two attached hydrogens (primary N) is 3. The van der Waals surface area contributed by atoms with Crippen LogP contribution in [0.2, 0.25) is 0 Å². The van der Waals surface area contributed by atoms with Crippen molar-refractivity contribution < 1.29 is 19.1 Å². The fourth-order valence-corrected chi connectivity index (χ4v) is 10.5. The number of allylic oxidation sites excluding steroid dienone is 4. The van der Waals surface area contributed by atoms with Crippen molar-refractivity contribution in [2.45, 2.75) is 270 Å². The van der Waals surface area contributed by atoms with Gasteiger partial charge in [-0.15, -0.1) is 0 Å². The van der Waals surface area contributed by atoms with Crippen molar-refractivity contribution in [1.82, 2.24) is 41.7 Å². The number of nitrogens with zero attached hydrogens (tertiary/aromatic N) is 2. The van der Waals surface area contributed by atoms with Crippen LogP contribution in [0.25, 0.3) is 0 Å². The van der Waals surface area contributed by atoms with Crippen LogP contribution < -0.4 is 49.1 Å². The maximum Gasteiger partial charge on any atom is 0.237 e. The lowest BCUT2D eigenvalue weighted by Crippen LogP contribution is -2.45. The molecule has 15 heteroatoms. The number of hydrogen-bond donors (Lipinski definition) is 9. The summed E-state index contributed by atoms with van der Waals surface area (Å²) in [6.07, 6.45) is 53.8. The van der Waals surface area contributed by atoms with E-state index in [1.807, 2.05) is 0 Å². The topological polar surface area (TPSA) is 209 Å². The Morgan fingerprint density at radius 1 is 0.345 bits per heavy atom. The summed E-state index contributed by atoms with van der Waals surface area (Å²) >= 11 is 0. The SMILES string of the molecule is CCCCCCC/C=C\CCCCCCCCN(CCCNC(=O)C(CCCNCCCN)NCCCN)CCOCCOCCN(CCCCCCCC/C=C/CCCCCCC)CCCNC(=O)C(CCCNCCCN)NCCCC. The zero-order valence-corrected chi connectivity index (χ0v) is 55.7. The Hall–Kier alpha value is -2.02. The standard InChI is InChI=1S/C69H143N11O4/c1-4-7-10-12-14-16-18-20-22-24-26-28-30-32-34-56-79(58-41-54-77-68(81)66(75-52-9-6-3)43-36-48-73-50-38-45-70)60-62-83-64-65-84-63-61-80(57-35-33-31-29-27-25-23-21-19-17-15-13-11-8-5-2)59-42-55-78-69(82)67(76-53-40-47-72)44-37-49-74-51-39-46-71/h18-21,66-67,73-76H,4-17,22-65,70-72H2,1-3H3,(H,77,81)(H,78,82)/b20-18+,21-19-. The molecule has 0 rings (SSSR count). The normalized spacial score (nSPS) is 12.7. The van der Waals surface area contributed by atoms with Crippen molar-refractivity contribution in [2.24, 2.45) is 17.2 Å². The van der Waals surface area contributed by atoms with E-state index < -0.39 is 0 Å². The van der Waals surface area contributed by atoms with Gasteiger partial charge in [0.1, 0.15) is 0 Å². The lowest BCUT2D eigenvalue weighted by Gasteiger charge is -2.24. The Morgan fingerprint density at radius 3 is 1.05 bits per heavy atom. The van der Waals surface area contributed by atoms with Crippen molar-refractivity contribution in [3.05, 3.63) is 24.3 Å². The van der Waals surface area contributed by atoms with E-state index in [4.69, 9.17) is 26.7 Å². The van der Waals surface area contributed by atoms with Gasteiger partial charge in [0, 0.05) is 26.2 Å². The highest BCUT2D eigenvalue weighted by Crippen LogP contribution is 2.13. The summed E-state index contributed by atoms with van der Waals surface area (Å²) in [5.41, 5.74) is 17.1. The molecule has 0 aromatic rings. The average Bonchev–Trinajstić information content (AvgIpc) is 3.50. The van der Waals surface area contributed by atoms with E-state index in [-0.39, 0.29) is 23.9 Å². The molecule has 0 spiro atoms. The first-order valence-electron chi connectivity index (χ1n) is 35.9. The zero-order chi connectivity index (χ0) is 61.0. The van der Waals surface area contributed by atoms with E-state index in [2.05, 4.69) is 86.8 Å². The Bertz CT molecular complexity index is 1280. The van der Waals surface area contributed by atoms with Gasteiger partial charge in [-0.3, -0.25) is 9.59 Å². The number of nitrogens with one attached hydrogen (secondary N) is 6. The van der Waals surface area contributed by atoms with Gasteiger partial charge in [0.05, 0.1) is 38.5 Å². The average molecular weight is 1190 g/mol. The largest absolute Gasteiger partial charge is 0.378 e. The zero-order valence-electron chi connectivity index (χ0n) is 55.7. The van der Waals surface area contributed by atoms with Crippen LogP contribution in [-0.4, -0.2) is 171 Å². The molecule has 2 atom stereocenters. The monoisotopic (exact) mass is 1190 g/mol. The van der Waals surface area contributed by atoms with Crippen LogP contribution in [0.4, 0.5) is 0 Å². The molecule has 0 bridgehead atoms. The van der Waals surface area contributed by atoms with E-state index >= 15 is 0 Å². The highest BCUT2D eigenvalue weighted by atomic mass is 16.5. The first-order chi connectivity index (χ1) is 41.5. The molecule has 84 heavy (non-hydrogen) atoms. The number of carbonyl (C=O) groups is 2. The molecular formula is C69H143N11O4. The molecule has 15 nitrogen and oxygen atoms in total. The lowest BCUT2D eigenvalue weighted by atomic mass is 10.1. The fourth-order valence-electron chi connectivity index (χ4n) is 10.5. The van der Waals surface area contributed by atoms with E-state index in [1.54, 1.807) is 0 Å². The Kier molecular flexibility index (Phi) is 68.4. The number of hydrogen-bond acceptors (Lipinski definition) is 13. The quantitative estimate of drug-likeness (QED) is 0.0205. The molecule has 2 amide bonds. The molecule has 2 unspecified atom stereocenters. The van der Waals surface area contributed by atoms with Gasteiger partial charge in [0.2, 0.25) is 11.8 Å². The number of ether oxygens (including phenoxy) is 2. The highest BCUT2D eigenvalue weighted by molar-refractivity contribution is 5.82. The van der Waals surface area contributed by atoms with Crippen molar-refractivity contribution in [3.8, 4) is 0 Å². The minimum absolute atomic E-state index is 0.0885. The van der Waals surface area contributed by atoms with Crippen LogP contribution >= 0.6 is 0 Å². The summed E-state index contributed by atoms with van der Waals surface area (Å²) in [5, 5.41) is 20.4. The van der Waals surface area contributed by atoms with Crippen LogP contribution in [0.1, 0.15) is 258 Å². The molecule has 0 saturated carbocycles. The van der Waals surface area contributed by atoms with Gasteiger partial charge in [-0.1, -0.05) is 154 Å². The molecule has 12 N–H and O–H groups in total. The smallest absolute Gasteiger partial charge is 0.237 e. The van der Waals surface area contributed by atoms with Crippen LogP contribution in [0.3, 0.4) is 0 Å². The maximum atomic E-state index is 13.4. The summed E-state index contributed by atoms with van der Waals surface area (Å²) < 4.78 is 12.4. The van der Waals surface area contributed by atoms with E-state index in [9.17, 15) is 9.59 Å². The molecule has 0 aliphatic carbocycles. The van der Waals surface area contributed by atoms with Crippen LogP contribution in [0.5, 0.6) is 0 Å². The van der Waals surface area contributed by atoms with Gasteiger partial charge in [-0.25, -0.2) is 0 Å². The second-order valence-corrected chi connectivity index (χ2v) is 23.9. The molecular weight excluding hydrogens is 1050 g/mol. The van der Waals surface area contributed by atoms with Gasteiger partial charge in [0.15, 0.2) is 0 Å². The Morgan fingerprint density at radius 2 is 0.667 bits per heavy atom. The van der Waals surface area contributed by atoms with E-state index in [0.717, 1.165) is 149 Å². The minimum Gasteiger partial charge on any atom is -0.378 e. The summed E-state index contributed by atoms with van der Waals surface area (Å²) in [5.74, 6) is 0.215. The van der Waals surface area contributed by atoms with Gasteiger partial charge >= 0.3 is 0 Å². The van der Waals surface area contributed by atoms with Crippen LogP contribution in [-0.2, 0) is 19.1 Å². The van der Waals surface area contributed by atoms with Crippen molar-refractivity contribution >= 4 is 11.8 Å². The number of rotatable bonds is 71. The first kappa shape index (κ1) is 82.0. The molecule has 0 heterocycles. The molecule has 0 aliphatic heterocycles. The van der Waals surface area contributed by atoms with E-state index in [1.165, 1.54) is 167 Å². The lowest BCUT2D eigenvalue weighted by molar-refractivity contribution is -0.124. The first-order valence-corrected chi connectivity index (χ1v) is 35.9. The van der Waals surface area contributed by atoms with Gasteiger partial charge in [0.25, 0.3) is 0 Å². The minimum atomic E-state index is -0.207. The van der Waals surface area contributed by atoms with Crippen molar-refractivity contribution in [3.63, 3.8) is 0 Å². The Balaban J connectivity index is 5.20. The van der Waals surface area contributed by atoms with Gasteiger partial charge < -0.3 is 68.4 Å². The number of amides is 2. The molecule has 0 fully saturated rings. The summed E-state index contributed by atoms with van der Waals surface area (Å²) in [6.45, 7) is 23.6. The van der Waals surface area contributed by atoms with Crippen LogP contribution in [0.15, 0.2) is 24.3 Å². The third-order valence-electron chi connectivity index (χ3n) is 16.0. The second-order valence-electron chi connectivity index (χ2n) is 23.9. The summed E-state index contributed by atoms with van der Waals surface area (Å²) in [7, 11) is 0. The number of unbranched alkanes of at least 4 members (excludes halogenated alkanes) is 23. The molecule has 0 aliphatic rings. The maximum absolute atomic E-state index is 13.4.